The Morgan fingerprint density at radius 3 is 1.00 bits per heavy atom. The molecule has 0 rings (SSSR count). The Bertz CT molecular complexity index is 11.6. The van der Waals surface area contributed by atoms with Crippen LogP contribution in [0.15, 0.2) is 0 Å². The van der Waals surface area contributed by atoms with Gasteiger partial charge in [0.25, 0.3) is 0 Å². The Kier molecular flexibility index (Phi) is 200. The monoisotopic (exact) mass is 495 g/mol. The average Bonchev–Trinajstić information content (AvgIpc) is 0. The molecule has 23 valence electrons. The fourth-order valence-electron chi connectivity index (χ4n) is 0. The van der Waals surface area contributed by atoms with Crippen LogP contribution in [0.4, 0.5) is 0 Å². The summed E-state index contributed by atoms with van der Waals surface area (Å²) in [5.41, 5.74) is 0. The smallest absolute Gasteiger partial charge is 0 e. The molecule has 0 aliphatic rings. The van der Waals surface area contributed by atoms with Crippen LogP contribution < -0.4 is 0 Å². The third-order valence-electron chi connectivity index (χ3n) is 0. The molecule has 5 heavy (non-hydrogen) atoms. The molecule has 0 saturated carbocycles. The maximum Gasteiger partial charge on any atom is 0 e. The van der Waals surface area contributed by atoms with Gasteiger partial charge in [-0.1, -0.05) is 0 Å². The van der Waals surface area contributed by atoms with Crippen molar-refractivity contribution in [3.63, 3.8) is 0 Å². The number of hydrogen-bond donors (Lipinski definition) is 0. The second kappa shape index (κ2) is 25.8. The summed E-state index contributed by atoms with van der Waals surface area (Å²) in [6, 6.07) is 0. The van der Waals surface area contributed by atoms with Crippen molar-refractivity contribution in [3.05, 3.63) is 0 Å². The fourth-order valence-corrected chi connectivity index (χ4v) is 0. The van der Waals surface area contributed by atoms with Crippen molar-refractivity contribution in [1.29, 1.82) is 0 Å². The second-order valence-corrected chi connectivity index (χ2v) is 0. The first-order chi connectivity index (χ1) is 0. The predicted molar refractivity (Wildman–Crippen MR) is 0 cm³/mol. The van der Waals surface area contributed by atoms with Gasteiger partial charge in [0.1, 0.15) is 0 Å². The van der Waals surface area contributed by atoms with E-state index in [9.17, 15) is 0 Å². The van der Waals surface area contributed by atoms with Gasteiger partial charge in [-0.15, -0.1) is 0 Å². The molecule has 0 aromatic carbocycles. The van der Waals surface area contributed by atoms with Gasteiger partial charge in [-0.25, -0.2) is 0 Å². The zero-order valence-electron chi connectivity index (χ0n) is 2.83. The summed E-state index contributed by atoms with van der Waals surface area (Å²) in [5, 5.41) is 0. The molecular weight excluding hydrogens is 494 g/mol. The van der Waals surface area contributed by atoms with E-state index in [1.54, 1.807) is 0 Å². The maximum atomic E-state index is 0. The van der Waals surface area contributed by atoms with Crippen LogP contribution >= 0.6 is 0 Å². The van der Waals surface area contributed by atoms with Gasteiger partial charge in [-0.2, -0.15) is 0 Å². The molecule has 0 N–H and O–H groups in total. The van der Waals surface area contributed by atoms with Gasteiger partial charge < -0.3 is 0 Å². The summed E-state index contributed by atoms with van der Waals surface area (Å²) in [5.74, 6) is 0. The molecule has 0 unspecified atom stereocenters. The third kappa shape index (κ3) is 18.5. The minimum atomic E-state index is 0. The van der Waals surface area contributed by atoms with E-state index in [2.05, 4.69) is 0 Å². The van der Waals surface area contributed by atoms with Gasteiger partial charge in [-0.3, -0.25) is 0 Å². The Labute approximate surface area is 107 Å². The molecular formula is CdCrCuHgZn. The van der Waals surface area contributed by atoms with Crippen LogP contribution in [-0.4, -0.2) is 0 Å². The summed E-state index contributed by atoms with van der Waals surface area (Å²) in [6.45, 7) is 0. The van der Waals surface area contributed by atoms with Crippen LogP contribution in [-0.2, 0) is 109 Å². The molecule has 0 atom stereocenters. The van der Waals surface area contributed by atoms with Crippen LogP contribution in [0.1, 0.15) is 0 Å². The largest absolute Gasteiger partial charge is 0 e. The summed E-state index contributed by atoms with van der Waals surface area (Å²) >= 11 is 0. The van der Waals surface area contributed by atoms with Crippen LogP contribution in [0.5, 0.6) is 0 Å². The van der Waals surface area contributed by atoms with Crippen LogP contribution in [0.3, 0.4) is 0 Å². The summed E-state index contributed by atoms with van der Waals surface area (Å²) in [7, 11) is 0. The number of rotatable bonds is 0. The van der Waals surface area contributed by atoms with Crippen LogP contribution in [0.25, 0.3) is 0 Å². The minimum Gasteiger partial charge on any atom is 0 e. The molecule has 0 nitrogen and oxygen atoms in total. The topological polar surface area (TPSA) is 0 Å². The molecule has 0 bridgehead atoms. The Morgan fingerprint density at radius 1 is 1.00 bits per heavy atom. The quantitative estimate of drug-likeness (QED) is 0.417. The van der Waals surface area contributed by atoms with Crippen molar-refractivity contribution < 1.29 is 109 Å². The number of hydrogen-bond acceptors (Lipinski definition) is 0. The first-order valence-electron chi connectivity index (χ1n) is 0. The molecule has 0 heterocycles. The molecule has 0 saturated heterocycles. The predicted octanol–water partition coefficient (Wildman–Crippen LogP) is -0.0125. The van der Waals surface area contributed by atoms with E-state index in [1.807, 2.05) is 0 Å². The molecule has 0 fully saturated rings. The van der Waals surface area contributed by atoms with Crippen molar-refractivity contribution in [2.45, 2.75) is 0 Å². The standard InChI is InChI=1S/Cd.Cr.Cu.Hg.Zn. The summed E-state index contributed by atoms with van der Waals surface area (Å²) < 4.78 is 0. The third-order valence-corrected chi connectivity index (χ3v) is 0. The van der Waals surface area contributed by atoms with E-state index in [4.69, 9.17) is 0 Å². The molecule has 0 spiro atoms. The van der Waals surface area contributed by atoms with Gasteiger partial charge in [-0.05, 0) is 0 Å². The molecule has 5 heteroatoms. The van der Waals surface area contributed by atoms with Crippen molar-refractivity contribution in [3.8, 4) is 0 Å². The van der Waals surface area contributed by atoms with Crippen LogP contribution in [0, 0.1) is 0 Å². The molecule has 0 amide bonds. The zero-order valence-corrected chi connectivity index (χ0v) is 17.5. The first-order valence-corrected chi connectivity index (χ1v) is 0. The van der Waals surface area contributed by atoms with Crippen LogP contribution in [0.2, 0.25) is 0 Å². The van der Waals surface area contributed by atoms with E-state index in [0.717, 1.165) is 0 Å². The first kappa shape index (κ1) is 38.8. The van der Waals surface area contributed by atoms with E-state index < -0.39 is 0 Å². The average molecular weight is 494 g/mol. The SMILES string of the molecule is [Cd].[Cr].[Cu].[Hg].[Zn]. The van der Waals surface area contributed by atoms with Gasteiger partial charge in [0, 0.05) is 109 Å². The van der Waals surface area contributed by atoms with E-state index in [-0.39, 0.29) is 109 Å². The molecule has 0 aromatic rings. The maximum absolute atomic E-state index is 0. The van der Waals surface area contributed by atoms with Gasteiger partial charge >= 0.3 is 0 Å². The second-order valence-electron chi connectivity index (χ2n) is 0. The zero-order chi connectivity index (χ0) is 0. The van der Waals surface area contributed by atoms with E-state index >= 15 is 0 Å². The molecule has 0 aliphatic heterocycles. The minimum absolute atomic E-state index is 0. The van der Waals surface area contributed by atoms with Gasteiger partial charge in [0.15, 0.2) is 0 Å². The molecule has 0 aromatic heterocycles. The Balaban J connectivity index is 0. The molecule has 0 aliphatic carbocycles. The van der Waals surface area contributed by atoms with Gasteiger partial charge in [0.2, 0.25) is 0 Å². The normalized spacial score (nSPS) is 0. The van der Waals surface area contributed by atoms with E-state index in [0.29, 0.717) is 0 Å². The van der Waals surface area contributed by atoms with Gasteiger partial charge in [0.05, 0.1) is 0 Å². The molecule has 1 radical (unpaired) electrons. The van der Waals surface area contributed by atoms with Crippen molar-refractivity contribution in [2.75, 3.05) is 0 Å². The van der Waals surface area contributed by atoms with E-state index in [1.165, 1.54) is 0 Å². The van der Waals surface area contributed by atoms with Crippen molar-refractivity contribution >= 4 is 0 Å². The summed E-state index contributed by atoms with van der Waals surface area (Å²) in [6.07, 6.45) is 0. The summed E-state index contributed by atoms with van der Waals surface area (Å²) in [4.78, 5) is 0. The van der Waals surface area contributed by atoms with Crippen molar-refractivity contribution in [1.82, 2.24) is 0 Å². The fraction of sp³-hybridized carbons (Fsp3) is 0. The Hall–Kier alpha value is 3.53. The van der Waals surface area contributed by atoms with Crippen molar-refractivity contribution in [2.24, 2.45) is 0 Å². The Morgan fingerprint density at radius 2 is 1.00 bits per heavy atom.